The van der Waals surface area contributed by atoms with Gasteiger partial charge in [-0.15, -0.1) is 11.3 Å². The first-order valence-corrected chi connectivity index (χ1v) is 13.7. The topological polar surface area (TPSA) is 71.5 Å². The van der Waals surface area contributed by atoms with Gasteiger partial charge in [0, 0.05) is 24.0 Å². The molecule has 0 aliphatic carbocycles. The van der Waals surface area contributed by atoms with Crippen LogP contribution < -0.4 is 10.1 Å². The Labute approximate surface area is 227 Å². The van der Waals surface area contributed by atoms with Crippen LogP contribution in [-0.2, 0) is 17.8 Å². The summed E-state index contributed by atoms with van der Waals surface area (Å²) >= 11 is 1.40. The van der Waals surface area contributed by atoms with Crippen LogP contribution in [0.4, 0.5) is 5.69 Å². The Hall–Kier alpha value is -3.97. The Bertz CT molecular complexity index is 1460. The van der Waals surface area contributed by atoms with Crippen molar-refractivity contribution < 1.29 is 14.3 Å². The predicted octanol–water partition coefficient (Wildman–Crippen LogP) is 6.48. The highest BCUT2D eigenvalue weighted by Crippen LogP contribution is 2.37. The second-order valence-corrected chi connectivity index (χ2v) is 10.5. The number of anilines is 1. The number of amides is 2. The Morgan fingerprint density at radius 1 is 1.05 bits per heavy atom. The molecule has 1 unspecified atom stereocenters. The minimum Gasteiger partial charge on any atom is -0.486 e. The molecule has 4 aromatic rings. The predicted molar refractivity (Wildman–Crippen MR) is 151 cm³/mol. The maximum Gasteiger partial charge on any atom is 0.275 e. The summed E-state index contributed by atoms with van der Waals surface area (Å²) in [5, 5.41) is 5.36. The van der Waals surface area contributed by atoms with E-state index in [0.717, 1.165) is 33.8 Å². The highest BCUT2D eigenvalue weighted by Gasteiger charge is 2.31. The number of hydrogen-bond acceptors (Lipinski definition) is 5. The van der Waals surface area contributed by atoms with Gasteiger partial charge in [-0.1, -0.05) is 55.0 Å². The van der Waals surface area contributed by atoms with E-state index in [1.807, 2.05) is 55.1 Å². The van der Waals surface area contributed by atoms with Crippen molar-refractivity contribution >= 4 is 28.8 Å². The Morgan fingerprint density at radius 3 is 2.63 bits per heavy atom. The Kier molecular flexibility index (Phi) is 7.56. The van der Waals surface area contributed by atoms with Crippen LogP contribution >= 0.6 is 11.3 Å². The van der Waals surface area contributed by atoms with Crippen LogP contribution in [0.15, 0.2) is 72.1 Å². The van der Waals surface area contributed by atoms with Crippen LogP contribution in [0.2, 0.25) is 0 Å². The molecular weight excluding hydrogens is 494 g/mol. The Morgan fingerprint density at radius 2 is 1.87 bits per heavy atom. The highest BCUT2D eigenvalue weighted by atomic mass is 32.1. The minimum atomic E-state index is -0.242. The van der Waals surface area contributed by atoms with Crippen molar-refractivity contribution in [1.82, 2.24) is 9.88 Å². The van der Waals surface area contributed by atoms with Crippen LogP contribution in [0.5, 0.6) is 5.75 Å². The summed E-state index contributed by atoms with van der Waals surface area (Å²) in [6.07, 6.45) is 1.29. The molecule has 0 spiro atoms. The zero-order valence-electron chi connectivity index (χ0n) is 21.9. The number of benzene rings is 3. The number of aromatic nitrogens is 1. The number of nitrogens with one attached hydrogen (secondary N) is 1. The molecule has 0 fully saturated rings. The number of hydrogen-bond donors (Lipinski definition) is 1. The van der Waals surface area contributed by atoms with E-state index >= 15 is 0 Å². The summed E-state index contributed by atoms with van der Waals surface area (Å²) in [5.74, 6) is 0.618. The average molecular weight is 526 g/mol. The Balaban J connectivity index is 1.33. The van der Waals surface area contributed by atoms with E-state index in [-0.39, 0.29) is 24.5 Å². The van der Waals surface area contributed by atoms with Crippen molar-refractivity contribution in [1.29, 1.82) is 0 Å². The molecule has 3 aromatic carbocycles. The fourth-order valence-corrected chi connectivity index (χ4v) is 5.49. The molecule has 5 rings (SSSR count). The number of thiazole rings is 1. The van der Waals surface area contributed by atoms with Crippen LogP contribution in [0, 0.1) is 13.8 Å². The zero-order chi connectivity index (χ0) is 26.6. The SMILES string of the molecule is CCC(=O)N1CCc2ccc(OCc3nc(C(=O)Nc4cccc(C)c4)cs3)cc2C1c1ccc(C)cc1. The van der Waals surface area contributed by atoms with Gasteiger partial charge in [-0.2, -0.15) is 0 Å². The van der Waals surface area contributed by atoms with Crippen LogP contribution in [0.25, 0.3) is 0 Å². The summed E-state index contributed by atoms with van der Waals surface area (Å²) < 4.78 is 6.12. The molecule has 1 N–H and O–H groups in total. The maximum atomic E-state index is 12.9. The first-order valence-electron chi connectivity index (χ1n) is 12.9. The molecule has 2 heterocycles. The van der Waals surface area contributed by atoms with E-state index in [2.05, 4.69) is 47.6 Å². The van der Waals surface area contributed by atoms with Crippen LogP contribution in [-0.4, -0.2) is 28.2 Å². The summed E-state index contributed by atoms with van der Waals surface area (Å²) in [5.41, 5.74) is 6.80. The molecule has 0 saturated carbocycles. The van der Waals surface area contributed by atoms with Crippen molar-refractivity contribution in [3.05, 3.63) is 111 Å². The van der Waals surface area contributed by atoms with Gasteiger partial charge < -0.3 is 15.0 Å². The molecule has 1 atom stereocenters. The normalized spacial score (nSPS) is 14.6. The standard InChI is InChI=1S/C31H31N3O3S/c1-4-29(35)34-15-14-22-12-13-25(17-26(22)30(34)23-10-8-20(2)9-11-23)37-18-28-33-27(19-38-28)31(36)32-24-7-5-6-21(3)16-24/h5-13,16-17,19,30H,4,14-15,18H2,1-3H3,(H,32,36). The quantitative estimate of drug-likeness (QED) is 0.300. The summed E-state index contributed by atoms with van der Waals surface area (Å²) in [4.78, 5) is 32.0. The molecule has 7 heteroatoms. The second kappa shape index (κ2) is 11.2. The number of nitrogens with zero attached hydrogens (tertiary/aromatic N) is 2. The van der Waals surface area contributed by atoms with Gasteiger partial charge in [-0.05, 0) is 66.8 Å². The van der Waals surface area contributed by atoms with Crippen molar-refractivity contribution in [3.63, 3.8) is 0 Å². The fourth-order valence-electron chi connectivity index (χ4n) is 4.81. The molecule has 1 aliphatic rings. The van der Waals surface area contributed by atoms with Gasteiger partial charge in [-0.3, -0.25) is 9.59 Å². The summed E-state index contributed by atoms with van der Waals surface area (Å²) in [6.45, 7) is 6.92. The lowest BCUT2D eigenvalue weighted by Gasteiger charge is -2.38. The van der Waals surface area contributed by atoms with E-state index < -0.39 is 0 Å². The maximum absolute atomic E-state index is 12.9. The molecule has 6 nitrogen and oxygen atoms in total. The number of carbonyl (C=O) groups is 2. The minimum absolute atomic E-state index is 0.145. The smallest absolute Gasteiger partial charge is 0.275 e. The number of carbonyl (C=O) groups excluding carboxylic acids is 2. The van der Waals surface area contributed by atoms with Crippen LogP contribution in [0.1, 0.15) is 62.7 Å². The molecule has 38 heavy (non-hydrogen) atoms. The molecule has 0 saturated heterocycles. The summed E-state index contributed by atoms with van der Waals surface area (Å²) in [7, 11) is 0. The lowest BCUT2D eigenvalue weighted by molar-refractivity contribution is -0.132. The third-order valence-corrected chi connectivity index (χ3v) is 7.61. The molecule has 0 bridgehead atoms. The lowest BCUT2D eigenvalue weighted by atomic mass is 9.87. The molecule has 1 aliphatic heterocycles. The monoisotopic (exact) mass is 525 g/mol. The zero-order valence-corrected chi connectivity index (χ0v) is 22.7. The van der Waals surface area contributed by atoms with E-state index in [4.69, 9.17) is 4.74 Å². The molecule has 1 aromatic heterocycles. The second-order valence-electron chi connectivity index (χ2n) is 9.60. The van der Waals surface area contributed by atoms with E-state index in [1.165, 1.54) is 22.5 Å². The molecule has 2 amide bonds. The van der Waals surface area contributed by atoms with E-state index in [0.29, 0.717) is 24.4 Å². The van der Waals surface area contributed by atoms with Crippen molar-refractivity contribution in [3.8, 4) is 5.75 Å². The molecule has 194 valence electrons. The number of aryl methyl sites for hydroxylation is 2. The average Bonchev–Trinajstić information content (AvgIpc) is 3.41. The molecular formula is C31H31N3O3S. The first kappa shape index (κ1) is 25.7. The van der Waals surface area contributed by atoms with E-state index in [9.17, 15) is 9.59 Å². The third kappa shape index (κ3) is 5.63. The molecule has 0 radical (unpaired) electrons. The van der Waals surface area contributed by atoms with Gasteiger partial charge in [0.2, 0.25) is 5.91 Å². The van der Waals surface area contributed by atoms with Gasteiger partial charge in [0.15, 0.2) is 0 Å². The van der Waals surface area contributed by atoms with Crippen molar-refractivity contribution in [2.75, 3.05) is 11.9 Å². The van der Waals surface area contributed by atoms with Crippen LogP contribution in [0.3, 0.4) is 0 Å². The summed E-state index contributed by atoms with van der Waals surface area (Å²) in [6, 6.07) is 22.0. The number of ether oxygens (including phenoxy) is 1. The van der Waals surface area contributed by atoms with Gasteiger partial charge in [0.1, 0.15) is 23.1 Å². The fraction of sp³-hybridized carbons (Fsp3) is 0.258. The number of rotatable bonds is 7. The van der Waals surface area contributed by atoms with E-state index in [1.54, 1.807) is 5.38 Å². The van der Waals surface area contributed by atoms with Gasteiger partial charge >= 0.3 is 0 Å². The van der Waals surface area contributed by atoms with Gasteiger partial charge in [-0.25, -0.2) is 4.98 Å². The van der Waals surface area contributed by atoms with Gasteiger partial charge in [0.05, 0.1) is 6.04 Å². The van der Waals surface area contributed by atoms with Crippen molar-refractivity contribution in [2.24, 2.45) is 0 Å². The number of fused-ring (bicyclic) bond motifs is 1. The van der Waals surface area contributed by atoms with Gasteiger partial charge in [0.25, 0.3) is 5.91 Å². The van der Waals surface area contributed by atoms with Crippen molar-refractivity contribution in [2.45, 2.75) is 46.3 Å². The first-order chi connectivity index (χ1) is 18.4. The largest absolute Gasteiger partial charge is 0.486 e. The lowest BCUT2D eigenvalue weighted by Crippen LogP contribution is -2.40. The third-order valence-electron chi connectivity index (χ3n) is 6.78. The highest BCUT2D eigenvalue weighted by molar-refractivity contribution is 7.09.